The van der Waals surface area contributed by atoms with Crippen molar-refractivity contribution in [3.05, 3.63) is 68.1 Å². The molecule has 0 bridgehead atoms. The summed E-state index contributed by atoms with van der Waals surface area (Å²) in [5.41, 5.74) is 10.2. The predicted octanol–water partition coefficient (Wildman–Crippen LogP) is 4.92. The molecule has 0 saturated heterocycles. The molecule has 0 fully saturated rings. The van der Waals surface area contributed by atoms with E-state index in [9.17, 15) is 0 Å². The number of rotatable bonds is 3. The summed E-state index contributed by atoms with van der Waals surface area (Å²) in [5, 5.41) is 0. The summed E-state index contributed by atoms with van der Waals surface area (Å²) in [4.78, 5) is 0. The average molecular weight is 411 g/mol. The van der Waals surface area contributed by atoms with E-state index in [4.69, 9.17) is 10.5 Å². The quantitative estimate of drug-likeness (QED) is 0.779. The SMILES string of the molecule is NC(CC1OCCc2ccccc21)c1cc(Br)ccc1Br. The van der Waals surface area contributed by atoms with Crippen molar-refractivity contribution in [2.75, 3.05) is 6.61 Å². The second kappa shape index (κ2) is 6.61. The fourth-order valence-electron chi connectivity index (χ4n) is 2.83. The van der Waals surface area contributed by atoms with Crippen molar-refractivity contribution in [1.29, 1.82) is 0 Å². The van der Waals surface area contributed by atoms with Crippen molar-refractivity contribution in [2.45, 2.75) is 25.0 Å². The molecule has 0 aliphatic carbocycles. The predicted molar refractivity (Wildman–Crippen MR) is 92.2 cm³/mol. The van der Waals surface area contributed by atoms with E-state index in [1.807, 2.05) is 12.1 Å². The van der Waals surface area contributed by atoms with E-state index in [2.05, 4.69) is 62.2 Å². The van der Waals surface area contributed by atoms with Crippen LogP contribution in [0, 0.1) is 0 Å². The van der Waals surface area contributed by atoms with Crippen molar-refractivity contribution in [3.63, 3.8) is 0 Å². The number of ether oxygens (including phenoxy) is 1. The Balaban J connectivity index is 1.82. The van der Waals surface area contributed by atoms with Gasteiger partial charge in [-0.05, 0) is 47.7 Å². The molecule has 2 unspecified atom stereocenters. The topological polar surface area (TPSA) is 35.2 Å². The van der Waals surface area contributed by atoms with E-state index in [0.717, 1.165) is 34.0 Å². The molecule has 0 spiro atoms. The lowest BCUT2D eigenvalue weighted by Gasteiger charge is -2.28. The molecule has 4 heteroatoms. The first-order valence-corrected chi connectivity index (χ1v) is 8.63. The molecule has 21 heavy (non-hydrogen) atoms. The molecular formula is C17H17Br2NO. The summed E-state index contributed by atoms with van der Waals surface area (Å²) >= 11 is 7.09. The van der Waals surface area contributed by atoms with Crippen LogP contribution in [0.1, 0.15) is 35.3 Å². The maximum Gasteiger partial charge on any atom is 0.0845 e. The summed E-state index contributed by atoms with van der Waals surface area (Å²) in [6.45, 7) is 0.772. The molecule has 1 aliphatic rings. The first kappa shape index (κ1) is 15.2. The molecule has 110 valence electrons. The third-order valence-corrected chi connectivity index (χ3v) is 5.13. The summed E-state index contributed by atoms with van der Waals surface area (Å²) in [6, 6.07) is 14.5. The van der Waals surface area contributed by atoms with Gasteiger partial charge in [-0.25, -0.2) is 0 Å². The highest BCUT2D eigenvalue weighted by Crippen LogP contribution is 2.35. The Bertz CT molecular complexity index is 644. The van der Waals surface area contributed by atoms with Gasteiger partial charge in [-0.3, -0.25) is 0 Å². The van der Waals surface area contributed by atoms with Crippen LogP contribution in [0.5, 0.6) is 0 Å². The van der Waals surface area contributed by atoms with Crippen LogP contribution < -0.4 is 5.73 Å². The van der Waals surface area contributed by atoms with Crippen LogP contribution in [-0.2, 0) is 11.2 Å². The van der Waals surface area contributed by atoms with Crippen LogP contribution in [0.4, 0.5) is 0 Å². The van der Waals surface area contributed by atoms with Crippen LogP contribution in [0.2, 0.25) is 0 Å². The molecule has 2 aromatic carbocycles. The zero-order chi connectivity index (χ0) is 14.8. The second-order valence-corrected chi connectivity index (χ2v) is 7.09. The maximum atomic E-state index is 6.42. The van der Waals surface area contributed by atoms with Crippen LogP contribution in [0.15, 0.2) is 51.4 Å². The zero-order valence-corrected chi connectivity index (χ0v) is 14.7. The third kappa shape index (κ3) is 3.39. The van der Waals surface area contributed by atoms with Crippen LogP contribution >= 0.6 is 31.9 Å². The molecule has 0 amide bonds. The van der Waals surface area contributed by atoms with Gasteiger partial charge in [0.1, 0.15) is 0 Å². The maximum absolute atomic E-state index is 6.42. The molecular weight excluding hydrogens is 394 g/mol. The molecule has 2 atom stereocenters. The van der Waals surface area contributed by atoms with E-state index in [-0.39, 0.29) is 12.1 Å². The Morgan fingerprint density at radius 3 is 2.86 bits per heavy atom. The van der Waals surface area contributed by atoms with Crippen LogP contribution in [-0.4, -0.2) is 6.61 Å². The van der Waals surface area contributed by atoms with E-state index in [1.165, 1.54) is 11.1 Å². The van der Waals surface area contributed by atoms with Gasteiger partial charge in [0.2, 0.25) is 0 Å². The van der Waals surface area contributed by atoms with Crippen LogP contribution in [0.3, 0.4) is 0 Å². The monoisotopic (exact) mass is 409 g/mol. The summed E-state index contributed by atoms with van der Waals surface area (Å²) in [6.07, 6.45) is 1.85. The summed E-state index contributed by atoms with van der Waals surface area (Å²) < 4.78 is 8.05. The number of halogens is 2. The Morgan fingerprint density at radius 1 is 1.19 bits per heavy atom. The van der Waals surface area contributed by atoms with Crippen molar-refractivity contribution >= 4 is 31.9 Å². The van der Waals surface area contributed by atoms with Gasteiger partial charge >= 0.3 is 0 Å². The Labute approximate surface area is 141 Å². The minimum absolute atomic E-state index is 0.0620. The summed E-state index contributed by atoms with van der Waals surface area (Å²) in [7, 11) is 0. The van der Waals surface area contributed by atoms with Gasteiger partial charge in [0.25, 0.3) is 0 Å². The van der Waals surface area contributed by atoms with Crippen molar-refractivity contribution < 1.29 is 4.74 Å². The number of hydrogen-bond donors (Lipinski definition) is 1. The van der Waals surface area contributed by atoms with Crippen molar-refractivity contribution in [1.82, 2.24) is 0 Å². The number of nitrogens with two attached hydrogens (primary N) is 1. The fourth-order valence-corrected chi connectivity index (χ4v) is 3.75. The second-order valence-electron chi connectivity index (χ2n) is 5.32. The average Bonchev–Trinajstić information content (AvgIpc) is 2.50. The zero-order valence-electron chi connectivity index (χ0n) is 11.6. The normalized spacial score (nSPS) is 19.1. The van der Waals surface area contributed by atoms with Gasteiger partial charge in [-0.1, -0.05) is 56.1 Å². The van der Waals surface area contributed by atoms with E-state index >= 15 is 0 Å². The fraction of sp³-hybridized carbons (Fsp3) is 0.294. The van der Waals surface area contributed by atoms with Crippen LogP contribution in [0.25, 0.3) is 0 Å². The first-order chi connectivity index (χ1) is 10.1. The molecule has 0 aromatic heterocycles. The molecule has 0 saturated carbocycles. The molecule has 1 aliphatic heterocycles. The van der Waals surface area contributed by atoms with Gasteiger partial charge in [-0.2, -0.15) is 0 Å². The van der Waals surface area contributed by atoms with E-state index in [1.54, 1.807) is 0 Å². The number of hydrogen-bond acceptors (Lipinski definition) is 2. The van der Waals surface area contributed by atoms with E-state index in [0.29, 0.717) is 0 Å². The van der Waals surface area contributed by atoms with Gasteiger partial charge < -0.3 is 10.5 Å². The highest BCUT2D eigenvalue weighted by molar-refractivity contribution is 9.11. The van der Waals surface area contributed by atoms with Gasteiger partial charge in [0, 0.05) is 15.0 Å². The minimum atomic E-state index is -0.0620. The molecule has 1 heterocycles. The molecule has 3 rings (SSSR count). The highest BCUT2D eigenvalue weighted by atomic mass is 79.9. The lowest BCUT2D eigenvalue weighted by atomic mass is 9.92. The molecule has 2 aromatic rings. The van der Waals surface area contributed by atoms with Gasteiger partial charge in [-0.15, -0.1) is 0 Å². The van der Waals surface area contributed by atoms with Gasteiger partial charge in [0.05, 0.1) is 12.7 Å². The van der Waals surface area contributed by atoms with E-state index < -0.39 is 0 Å². The Hall–Kier alpha value is -0.680. The molecule has 0 radical (unpaired) electrons. The Kier molecular flexibility index (Phi) is 4.79. The molecule has 2 N–H and O–H groups in total. The molecule has 2 nitrogen and oxygen atoms in total. The summed E-state index contributed by atoms with van der Waals surface area (Å²) in [5.74, 6) is 0. The number of benzene rings is 2. The number of fused-ring (bicyclic) bond motifs is 1. The minimum Gasteiger partial charge on any atom is -0.373 e. The standard InChI is InChI=1S/C17H17Br2NO/c18-12-5-6-15(19)14(9-12)16(20)10-17-13-4-2-1-3-11(13)7-8-21-17/h1-6,9,16-17H,7-8,10,20H2. The van der Waals surface area contributed by atoms with Gasteiger partial charge in [0.15, 0.2) is 0 Å². The van der Waals surface area contributed by atoms with Crippen molar-refractivity contribution in [2.24, 2.45) is 5.73 Å². The lowest BCUT2D eigenvalue weighted by Crippen LogP contribution is -2.21. The smallest absolute Gasteiger partial charge is 0.0845 e. The lowest BCUT2D eigenvalue weighted by molar-refractivity contribution is 0.0319. The largest absolute Gasteiger partial charge is 0.373 e. The first-order valence-electron chi connectivity index (χ1n) is 7.05. The van der Waals surface area contributed by atoms with Crippen molar-refractivity contribution in [3.8, 4) is 0 Å². The highest BCUT2D eigenvalue weighted by Gasteiger charge is 2.24. The Morgan fingerprint density at radius 2 is 2.00 bits per heavy atom. The third-order valence-electron chi connectivity index (χ3n) is 3.92.